The van der Waals surface area contributed by atoms with Gasteiger partial charge in [0.1, 0.15) is 5.25 Å². The Hall–Kier alpha value is -2.60. The van der Waals surface area contributed by atoms with E-state index < -0.39 is 11.2 Å². The molecule has 0 bridgehead atoms. The second-order valence-electron chi connectivity index (χ2n) is 5.65. The van der Waals surface area contributed by atoms with Crippen molar-refractivity contribution in [3.05, 3.63) is 70.6 Å². The summed E-state index contributed by atoms with van der Waals surface area (Å²) >= 11 is 4.52. The molecule has 1 N–H and O–H groups in total. The summed E-state index contributed by atoms with van der Waals surface area (Å²) in [5.74, 6) is -0.152. The maximum absolute atomic E-state index is 10.9. The molecule has 0 saturated heterocycles. The van der Waals surface area contributed by atoms with Crippen LogP contribution in [-0.4, -0.2) is 21.3 Å². The lowest BCUT2D eigenvalue weighted by Gasteiger charge is -2.06. The van der Waals surface area contributed by atoms with Crippen LogP contribution in [0.2, 0.25) is 0 Å². The summed E-state index contributed by atoms with van der Waals surface area (Å²) in [5.41, 5.74) is 4.13. The van der Waals surface area contributed by atoms with Crippen LogP contribution in [0.3, 0.4) is 0 Å². The molecule has 0 saturated carbocycles. The molecular weight excluding hydrogens is 324 g/mol. The Balaban J connectivity index is 1.88. The van der Waals surface area contributed by atoms with Gasteiger partial charge < -0.3 is 9.52 Å². The molecule has 0 aliphatic rings. The predicted octanol–water partition coefficient (Wildman–Crippen LogP) is 4.07. The average molecular weight is 340 g/mol. The van der Waals surface area contributed by atoms with Crippen molar-refractivity contribution in [3.63, 3.8) is 0 Å². The lowest BCUT2D eigenvalue weighted by atomic mass is 10.1. The summed E-state index contributed by atoms with van der Waals surface area (Å²) in [5, 5.41) is 16.7. The number of aryl methyl sites for hydroxylation is 2. The molecule has 1 unspecified atom stereocenters. The largest absolute Gasteiger partial charge is 0.478 e. The van der Waals surface area contributed by atoms with Crippen molar-refractivity contribution in [3.8, 4) is 11.5 Å². The smallest absolute Gasteiger partial charge is 0.335 e. The van der Waals surface area contributed by atoms with E-state index in [9.17, 15) is 4.79 Å². The molecule has 1 aromatic heterocycles. The van der Waals surface area contributed by atoms with E-state index >= 15 is 0 Å². The van der Waals surface area contributed by atoms with Crippen molar-refractivity contribution < 1.29 is 14.3 Å². The lowest BCUT2D eigenvalue weighted by Crippen LogP contribution is -1.98. The molecule has 2 aromatic carbocycles. The van der Waals surface area contributed by atoms with Crippen molar-refractivity contribution in [2.75, 3.05) is 0 Å². The van der Waals surface area contributed by atoms with Crippen LogP contribution < -0.4 is 0 Å². The van der Waals surface area contributed by atoms with Gasteiger partial charge in [0.05, 0.1) is 5.56 Å². The van der Waals surface area contributed by atoms with Gasteiger partial charge in [0.15, 0.2) is 0 Å². The molecule has 5 nitrogen and oxygen atoms in total. The van der Waals surface area contributed by atoms with Gasteiger partial charge in [0, 0.05) is 5.56 Å². The van der Waals surface area contributed by atoms with E-state index in [4.69, 9.17) is 9.52 Å². The first kappa shape index (κ1) is 16.3. The summed E-state index contributed by atoms with van der Waals surface area (Å²) in [6.45, 7) is 4.03. The molecule has 24 heavy (non-hydrogen) atoms. The zero-order valence-electron chi connectivity index (χ0n) is 13.2. The summed E-state index contributed by atoms with van der Waals surface area (Å²) in [6, 6.07) is 12.5. The van der Waals surface area contributed by atoms with Gasteiger partial charge in [-0.15, -0.1) is 10.2 Å². The topological polar surface area (TPSA) is 76.2 Å². The first-order chi connectivity index (χ1) is 11.4. The number of hydrogen-bond acceptors (Lipinski definition) is 5. The van der Waals surface area contributed by atoms with Gasteiger partial charge in [0.25, 0.3) is 0 Å². The van der Waals surface area contributed by atoms with Crippen LogP contribution in [0.1, 0.15) is 38.2 Å². The van der Waals surface area contributed by atoms with Gasteiger partial charge in [-0.2, -0.15) is 12.6 Å². The molecule has 6 heteroatoms. The van der Waals surface area contributed by atoms with Crippen LogP contribution in [0.15, 0.2) is 46.9 Å². The van der Waals surface area contributed by atoms with Gasteiger partial charge in [-0.1, -0.05) is 29.3 Å². The Morgan fingerprint density at radius 3 is 2.29 bits per heavy atom. The molecule has 3 aromatic rings. The third-order valence-corrected chi connectivity index (χ3v) is 4.14. The number of hydrogen-bond donors (Lipinski definition) is 2. The van der Waals surface area contributed by atoms with Crippen LogP contribution in [0.25, 0.3) is 11.5 Å². The standard InChI is InChI=1S/C18H16N2O3S/c1-10-7-11(2)9-14(8-10)16-19-20-17(23-16)15(24)12-3-5-13(6-4-12)18(21)22/h3-9,15,24H,1-2H3,(H,21,22). The van der Waals surface area contributed by atoms with Crippen LogP contribution in [0, 0.1) is 13.8 Å². The quantitative estimate of drug-likeness (QED) is 0.700. The van der Waals surface area contributed by atoms with Crippen molar-refractivity contribution >= 4 is 18.6 Å². The molecule has 122 valence electrons. The minimum atomic E-state index is -0.966. The summed E-state index contributed by atoms with van der Waals surface area (Å²) < 4.78 is 5.76. The number of carboxylic acids is 1. The first-order valence-electron chi connectivity index (χ1n) is 7.37. The highest BCUT2D eigenvalue weighted by molar-refractivity contribution is 7.80. The van der Waals surface area contributed by atoms with E-state index in [2.05, 4.69) is 28.9 Å². The Kier molecular flexibility index (Phi) is 4.40. The van der Waals surface area contributed by atoms with E-state index in [0.29, 0.717) is 11.8 Å². The second kappa shape index (κ2) is 6.49. The van der Waals surface area contributed by atoms with Crippen LogP contribution in [0.5, 0.6) is 0 Å². The fourth-order valence-corrected chi connectivity index (χ4v) is 2.79. The maximum atomic E-state index is 10.9. The van der Waals surface area contributed by atoms with E-state index in [1.807, 2.05) is 26.0 Å². The normalized spacial score (nSPS) is 12.1. The third-order valence-electron chi connectivity index (χ3n) is 3.62. The number of thiol groups is 1. The van der Waals surface area contributed by atoms with Crippen LogP contribution >= 0.6 is 12.6 Å². The minimum Gasteiger partial charge on any atom is -0.478 e. The fourth-order valence-electron chi connectivity index (χ4n) is 2.51. The Morgan fingerprint density at radius 2 is 1.71 bits per heavy atom. The second-order valence-corrected chi connectivity index (χ2v) is 6.17. The fraction of sp³-hybridized carbons (Fsp3) is 0.167. The molecule has 0 radical (unpaired) electrons. The van der Waals surface area contributed by atoms with Crippen LogP contribution in [-0.2, 0) is 0 Å². The molecule has 3 rings (SSSR count). The zero-order valence-corrected chi connectivity index (χ0v) is 14.1. The van der Waals surface area contributed by atoms with Crippen molar-refractivity contribution in [1.82, 2.24) is 10.2 Å². The molecule has 0 aliphatic carbocycles. The summed E-state index contributed by atoms with van der Waals surface area (Å²) in [4.78, 5) is 10.9. The molecule has 0 aliphatic heterocycles. The zero-order chi connectivity index (χ0) is 17.3. The van der Waals surface area contributed by atoms with Gasteiger partial charge in [-0.25, -0.2) is 4.79 Å². The van der Waals surface area contributed by atoms with E-state index in [1.165, 1.54) is 12.1 Å². The van der Waals surface area contributed by atoms with Crippen molar-refractivity contribution in [2.45, 2.75) is 19.1 Å². The number of benzene rings is 2. The highest BCUT2D eigenvalue weighted by Gasteiger charge is 2.18. The first-order valence-corrected chi connectivity index (χ1v) is 7.89. The van der Waals surface area contributed by atoms with Crippen molar-refractivity contribution in [2.24, 2.45) is 0 Å². The summed E-state index contributed by atoms with van der Waals surface area (Å²) in [7, 11) is 0. The third kappa shape index (κ3) is 3.33. The molecule has 0 spiro atoms. The van der Waals surface area contributed by atoms with Crippen LogP contribution in [0.4, 0.5) is 0 Å². The monoisotopic (exact) mass is 340 g/mol. The Labute approximate surface area is 144 Å². The summed E-state index contributed by atoms with van der Waals surface area (Å²) in [6.07, 6.45) is 0. The predicted molar refractivity (Wildman–Crippen MR) is 93.4 cm³/mol. The highest BCUT2D eigenvalue weighted by atomic mass is 32.1. The number of carbonyl (C=O) groups is 1. The van der Waals surface area contributed by atoms with E-state index in [0.717, 1.165) is 22.3 Å². The van der Waals surface area contributed by atoms with Crippen molar-refractivity contribution in [1.29, 1.82) is 0 Å². The molecule has 0 fully saturated rings. The number of nitrogens with zero attached hydrogens (tertiary/aromatic N) is 2. The molecule has 1 atom stereocenters. The van der Waals surface area contributed by atoms with Gasteiger partial charge in [-0.3, -0.25) is 0 Å². The van der Waals surface area contributed by atoms with E-state index in [1.54, 1.807) is 12.1 Å². The molecule has 0 amide bonds. The van der Waals surface area contributed by atoms with Gasteiger partial charge in [0.2, 0.25) is 11.8 Å². The maximum Gasteiger partial charge on any atom is 0.335 e. The molecule has 1 heterocycles. The highest BCUT2D eigenvalue weighted by Crippen LogP contribution is 2.30. The number of aromatic carboxylic acids is 1. The number of aromatic nitrogens is 2. The minimum absolute atomic E-state index is 0.223. The molecular formula is C18H16N2O3S. The van der Waals surface area contributed by atoms with Gasteiger partial charge >= 0.3 is 5.97 Å². The Bertz CT molecular complexity index is 867. The Morgan fingerprint density at radius 1 is 1.08 bits per heavy atom. The average Bonchev–Trinajstić information content (AvgIpc) is 3.03. The SMILES string of the molecule is Cc1cc(C)cc(-c2nnc(C(S)c3ccc(C(=O)O)cc3)o2)c1. The number of rotatable bonds is 4. The lowest BCUT2D eigenvalue weighted by molar-refractivity contribution is 0.0697. The van der Waals surface area contributed by atoms with E-state index in [-0.39, 0.29) is 5.56 Å². The van der Waals surface area contributed by atoms with Gasteiger partial charge in [-0.05, 0) is 43.7 Å². The number of carboxylic acid groups (broad SMARTS) is 1.